The minimum Gasteiger partial charge on any atom is -0.391 e. The molecule has 0 aromatic heterocycles. The normalized spacial score (nSPS) is 53.5. The summed E-state index contributed by atoms with van der Waals surface area (Å²) in [4.78, 5) is 0. The monoisotopic (exact) mass is 266 g/mol. The Morgan fingerprint density at radius 2 is 2.09 bits per heavy atom. The molecule has 0 spiro atoms. The maximum Gasteiger partial charge on any atom is 0.0739 e. The SMILES string of the molecule is CC1(C)C2CCC(I)(C2)C1O. The van der Waals surface area contributed by atoms with Crippen LogP contribution in [0.3, 0.4) is 0 Å². The Labute approximate surface area is 81.7 Å². The minimum atomic E-state index is -0.0747. The summed E-state index contributed by atoms with van der Waals surface area (Å²) in [5.74, 6) is 0.773. The van der Waals surface area contributed by atoms with Gasteiger partial charge in [0, 0.05) is 3.42 Å². The molecule has 0 aromatic carbocycles. The highest BCUT2D eigenvalue weighted by atomic mass is 127. The molecule has 2 bridgehead atoms. The Morgan fingerprint density at radius 3 is 2.36 bits per heavy atom. The van der Waals surface area contributed by atoms with Crippen molar-refractivity contribution < 1.29 is 5.11 Å². The lowest BCUT2D eigenvalue weighted by molar-refractivity contribution is 0.0186. The lowest BCUT2D eigenvalue weighted by Crippen LogP contribution is -2.42. The van der Waals surface area contributed by atoms with Crippen LogP contribution in [0.2, 0.25) is 0 Å². The van der Waals surface area contributed by atoms with Crippen molar-refractivity contribution >= 4 is 22.6 Å². The van der Waals surface area contributed by atoms with E-state index >= 15 is 0 Å². The average Bonchev–Trinajstić information content (AvgIpc) is 2.36. The number of hydrogen-bond donors (Lipinski definition) is 1. The predicted molar refractivity (Wildman–Crippen MR) is 53.9 cm³/mol. The molecule has 2 rings (SSSR count). The number of rotatable bonds is 0. The van der Waals surface area contributed by atoms with Gasteiger partial charge < -0.3 is 5.11 Å². The molecule has 0 aromatic rings. The van der Waals surface area contributed by atoms with Gasteiger partial charge >= 0.3 is 0 Å². The summed E-state index contributed by atoms with van der Waals surface area (Å²) in [5, 5.41) is 10.00. The van der Waals surface area contributed by atoms with Crippen LogP contribution in [0.25, 0.3) is 0 Å². The van der Waals surface area contributed by atoms with Gasteiger partial charge in [-0.25, -0.2) is 0 Å². The Morgan fingerprint density at radius 1 is 1.45 bits per heavy atom. The van der Waals surface area contributed by atoms with E-state index in [4.69, 9.17) is 0 Å². The van der Waals surface area contributed by atoms with Crippen molar-refractivity contribution in [2.24, 2.45) is 11.3 Å². The van der Waals surface area contributed by atoms with E-state index < -0.39 is 0 Å². The highest BCUT2D eigenvalue weighted by molar-refractivity contribution is 14.1. The van der Waals surface area contributed by atoms with Crippen LogP contribution in [0.5, 0.6) is 0 Å². The molecule has 0 amide bonds. The van der Waals surface area contributed by atoms with Crippen LogP contribution in [-0.4, -0.2) is 14.6 Å². The van der Waals surface area contributed by atoms with E-state index in [9.17, 15) is 5.11 Å². The van der Waals surface area contributed by atoms with Crippen LogP contribution >= 0.6 is 22.6 Å². The van der Waals surface area contributed by atoms with Crippen molar-refractivity contribution in [1.82, 2.24) is 0 Å². The summed E-state index contributed by atoms with van der Waals surface area (Å²) in [6.07, 6.45) is 3.71. The molecule has 0 aliphatic heterocycles. The lowest BCUT2D eigenvalue weighted by atomic mass is 9.74. The largest absolute Gasteiger partial charge is 0.391 e. The molecule has 2 aliphatic carbocycles. The zero-order valence-electron chi connectivity index (χ0n) is 7.10. The molecule has 2 aliphatic rings. The molecule has 1 nitrogen and oxygen atoms in total. The summed E-state index contributed by atoms with van der Waals surface area (Å²) >= 11 is 2.47. The molecular formula is C9H15IO. The minimum absolute atomic E-state index is 0.0747. The van der Waals surface area contributed by atoms with Gasteiger partial charge in [0.15, 0.2) is 0 Å². The van der Waals surface area contributed by atoms with E-state index in [1.54, 1.807) is 0 Å². The Hall–Kier alpha value is 0.690. The molecule has 0 radical (unpaired) electrons. The van der Waals surface area contributed by atoms with E-state index in [2.05, 4.69) is 36.4 Å². The van der Waals surface area contributed by atoms with Crippen LogP contribution < -0.4 is 0 Å². The second-order valence-corrected chi connectivity index (χ2v) is 6.85. The van der Waals surface area contributed by atoms with Crippen LogP contribution in [0.4, 0.5) is 0 Å². The lowest BCUT2D eigenvalue weighted by Gasteiger charge is -2.37. The molecule has 11 heavy (non-hydrogen) atoms. The number of halogens is 1. The molecule has 3 atom stereocenters. The van der Waals surface area contributed by atoms with Gasteiger partial charge in [-0.2, -0.15) is 0 Å². The smallest absolute Gasteiger partial charge is 0.0739 e. The predicted octanol–water partition coefficient (Wildman–Crippen LogP) is 2.36. The summed E-state index contributed by atoms with van der Waals surface area (Å²) < 4.78 is 0.228. The average molecular weight is 266 g/mol. The summed E-state index contributed by atoms with van der Waals surface area (Å²) in [6.45, 7) is 4.42. The molecule has 1 N–H and O–H groups in total. The van der Waals surface area contributed by atoms with Gasteiger partial charge in [-0.05, 0) is 30.6 Å². The van der Waals surface area contributed by atoms with Crippen molar-refractivity contribution in [1.29, 1.82) is 0 Å². The molecule has 3 unspecified atom stereocenters. The zero-order valence-corrected chi connectivity index (χ0v) is 9.26. The van der Waals surface area contributed by atoms with Crippen LogP contribution in [0, 0.1) is 11.3 Å². The molecule has 2 fully saturated rings. The van der Waals surface area contributed by atoms with Gasteiger partial charge in [-0.15, -0.1) is 0 Å². The zero-order chi connectivity index (χ0) is 8.28. The maximum atomic E-state index is 10.00. The standard InChI is InChI=1S/C9H15IO/c1-8(2)6-3-4-9(10,5-6)7(8)11/h6-7,11H,3-5H2,1-2H3. The first-order valence-electron chi connectivity index (χ1n) is 4.34. The fraction of sp³-hybridized carbons (Fsp3) is 1.00. The third-order valence-electron chi connectivity index (χ3n) is 3.74. The van der Waals surface area contributed by atoms with E-state index in [-0.39, 0.29) is 14.9 Å². The van der Waals surface area contributed by atoms with Gasteiger partial charge in [0.2, 0.25) is 0 Å². The second-order valence-electron chi connectivity index (χ2n) is 4.70. The van der Waals surface area contributed by atoms with Crippen molar-refractivity contribution in [3.8, 4) is 0 Å². The quantitative estimate of drug-likeness (QED) is 0.527. The van der Waals surface area contributed by atoms with E-state index in [1.165, 1.54) is 19.3 Å². The van der Waals surface area contributed by atoms with Crippen molar-refractivity contribution in [2.45, 2.75) is 42.6 Å². The first-order chi connectivity index (χ1) is 4.97. The van der Waals surface area contributed by atoms with Gasteiger partial charge in [-0.3, -0.25) is 0 Å². The maximum absolute atomic E-state index is 10.00. The topological polar surface area (TPSA) is 20.2 Å². The van der Waals surface area contributed by atoms with E-state index in [0.717, 1.165) is 5.92 Å². The molecular weight excluding hydrogens is 251 g/mol. The Kier molecular flexibility index (Phi) is 1.61. The van der Waals surface area contributed by atoms with Crippen molar-refractivity contribution in [2.75, 3.05) is 0 Å². The van der Waals surface area contributed by atoms with Gasteiger partial charge in [-0.1, -0.05) is 36.4 Å². The first-order valence-corrected chi connectivity index (χ1v) is 5.42. The van der Waals surface area contributed by atoms with Crippen molar-refractivity contribution in [3.63, 3.8) is 0 Å². The number of fused-ring (bicyclic) bond motifs is 2. The number of hydrogen-bond acceptors (Lipinski definition) is 1. The van der Waals surface area contributed by atoms with Gasteiger partial charge in [0.25, 0.3) is 0 Å². The van der Waals surface area contributed by atoms with E-state index in [0.29, 0.717) is 0 Å². The Bertz CT molecular complexity index is 185. The van der Waals surface area contributed by atoms with Crippen LogP contribution in [0.1, 0.15) is 33.1 Å². The summed E-state index contributed by atoms with van der Waals surface area (Å²) in [6, 6.07) is 0. The van der Waals surface area contributed by atoms with E-state index in [1.807, 2.05) is 0 Å². The fourth-order valence-corrected chi connectivity index (χ4v) is 4.45. The Balaban J connectivity index is 2.34. The first kappa shape index (κ1) is 8.30. The molecule has 2 heteroatoms. The van der Waals surface area contributed by atoms with Crippen molar-refractivity contribution in [3.05, 3.63) is 0 Å². The molecule has 0 saturated heterocycles. The summed E-state index contributed by atoms with van der Waals surface area (Å²) in [5.41, 5.74) is 0.180. The number of aliphatic hydroxyl groups excluding tert-OH is 1. The summed E-state index contributed by atoms with van der Waals surface area (Å²) in [7, 11) is 0. The molecule has 2 saturated carbocycles. The third-order valence-corrected chi connectivity index (χ3v) is 5.31. The van der Waals surface area contributed by atoms with Crippen LogP contribution in [-0.2, 0) is 0 Å². The third kappa shape index (κ3) is 0.916. The molecule has 0 heterocycles. The molecule has 64 valence electrons. The van der Waals surface area contributed by atoms with Gasteiger partial charge in [0.05, 0.1) is 6.10 Å². The number of alkyl halides is 1. The van der Waals surface area contributed by atoms with Crippen LogP contribution in [0.15, 0.2) is 0 Å². The highest BCUT2D eigenvalue weighted by Crippen LogP contribution is 2.61. The van der Waals surface area contributed by atoms with Gasteiger partial charge in [0.1, 0.15) is 0 Å². The fourth-order valence-electron chi connectivity index (χ4n) is 2.80. The highest BCUT2D eigenvalue weighted by Gasteiger charge is 2.60. The second kappa shape index (κ2) is 2.13. The number of aliphatic hydroxyl groups is 1.